The molecule has 22 heavy (non-hydrogen) atoms. The summed E-state index contributed by atoms with van der Waals surface area (Å²) in [6, 6.07) is 5.98. The lowest BCUT2D eigenvalue weighted by atomic mass is 10.3. The van der Waals surface area contributed by atoms with E-state index in [4.69, 9.17) is 14.6 Å². The van der Waals surface area contributed by atoms with Crippen LogP contribution in [-0.4, -0.2) is 55.4 Å². The first-order chi connectivity index (χ1) is 10.5. The molecule has 0 unspecified atom stereocenters. The molecule has 7 heteroatoms. The van der Waals surface area contributed by atoms with Crippen molar-refractivity contribution >= 4 is 12.0 Å². The molecule has 1 atom stereocenters. The lowest BCUT2D eigenvalue weighted by Gasteiger charge is -2.19. The number of para-hydroxylation sites is 2. The highest BCUT2D eigenvalue weighted by Crippen LogP contribution is 2.25. The van der Waals surface area contributed by atoms with Crippen molar-refractivity contribution in [1.29, 1.82) is 0 Å². The van der Waals surface area contributed by atoms with E-state index in [-0.39, 0.29) is 0 Å². The van der Waals surface area contributed by atoms with E-state index in [1.807, 2.05) is 24.3 Å². The van der Waals surface area contributed by atoms with Crippen LogP contribution in [0, 0.1) is 0 Å². The second-order valence-corrected chi connectivity index (χ2v) is 4.78. The highest BCUT2D eigenvalue weighted by Gasteiger charge is 2.16. The van der Waals surface area contributed by atoms with E-state index in [0.29, 0.717) is 31.1 Å². The number of carbonyl (C=O) groups is 2. The monoisotopic (exact) mass is 310 g/mol. The predicted molar refractivity (Wildman–Crippen MR) is 81.4 cm³/mol. The number of aliphatic carboxylic acids is 1. The van der Waals surface area contributed by atoms with Crippen molar-refractivity contribution in [2.45, 2.75) is 19.4 Å². The third kappa shape index (κ3) is 5.51. The van der Waals surface area contributed by atoms with Crippen molar-refractivity contribution in [2.24, 2.45) is 0 Å². The number of amides is 2. The molecule has 0 fully saturated rings. The molecule has 0 spiro atoms. The SMILES string of the molecule is COc1ccccc1OCCCN(C)C(=O)N[C@@H](C)C(=O)O. The van der Waals surface area contributed by atoms with E-state index in [2.05, 4.69) is 5.32 Å². The van der Waals surface area contributed by atoms with Crippen LogP contribution in [0.3, 0.4) is 0 Å². The molecule has 1 aromatic rings. The number of benzene rings is 1. The minimum absolute atomic E-state index is 0.423. The molecule has 0 aliphatic heterocycles. The Hall–Kier alpha value is -2.44. The van der Waals surface area contributed by atoms with E-state index in [9.17, 15) is 9.59 Å². The Kier molecular flexibility index (Phi) is 7.01. The molecule has 0 saturated heterocycles. The summed E-state index contributed by atoms with van der Waals surface area (Å²) in [5.74, 6) is 0.238. The van der Waals surface area contributed by atoms with Gasteiger partial charge in [-0.25, -0.2) is 4.79 Å². The molecule has 7 nitrogen and oxygen atoms in total. The van der Waals surface area contributed by atoms with Crippen molar-refractivity contribution in [3.05, 3.63) is 24.3 Å². The van der Waals surface area contributed by atoms with Gasteiger partial charge >= 0.3 is 12.0 Å². The van der Waals surface area contributed by atoms with Gasteiger partial charge in [-0.15, -0.1) is 0 Å². The van der Waals surface area contributed by atoms with Gasteiger partial charge in [0.05, 0.1) is 13.7 Å². The summed E-state index contributed by atoms with van der Waals surface area (Å²) in [6.45, 7) is 2.29. The molecule has 0 aliphatic carbocycles. The zero-order valence-corrected chi connectivity index (χ0v) is 13.0. The molecule has 122 valence electrons. The van der Waals surface area contributed by atoms with E-state index < -0.39 is 18.0 Å². The fourth-order valence-corrected chi connectivity index (χ4v) is 1.68. The zero-order chi connectivity index (χ0) is 16.5. The van der Waals surface area contributed by atoms with Gasteiger partial charge in [-0.1, -0.05) is 12.1 Å². The summed E-state index contributed by atoms with van der Waals surface area (Å²) in [7, 11) is 3.18. The third-order valence-corrected chi connectivity index (χ3v) is 3.02. The minimum Gasteiger partial charge on any atom is -0.493 e. The molecule has 1 rings (SSSR count). The number of carboxylic acid groups (broad SMARTS) is 1. The molecular weight excluding hydrogens is 288 g/mol. The summed E-state index contributed by atoms with van der Waals surface area (Å²) in [5, 5.41) is 11.1. The average Bonchev–Trinajstić information content (AvgIpc) is 2.51. The maximum absolute atomic E-state index is 11.7. The maximum atomic E-state index is 11.7. The number of hydrogen-bond donors (Lipinski definition) is 2. The topological polar surface area (TPSA) is 88.1 Å². The highest BCUT2D eigenvalue weighted by atomic mass is 16.5. The van der Waals surface area contributed by atoms with Crippen molar-refractivity contribution in [3.63, 3.8) is 0 Å². The second kappa shape index (κ2) is 8.76. The minimum atomic E-state index is -1.07. The van der Waals surface area contributed by atoms with Crippen molar-refractivity contribution in [3.8, 4) is 11.5 Å². The second-order valence-electron chi connectivity index (χ2n) is 4.78. The number of rotatable bonds is 8. The zero-order valence-electron chi connectivity index (χ0n) is 13.0. The van der Waals surface area contributed by atoms with Crippen LogP contribution < -0.4 is 14.8 Å². The van der Waals surface area contributed by atoms with E-state index in [0.717, 1.165) is 0 Å². The molecule has 1 aromatic carbocycles. The average molecular weight is 310 g/mol. The Morgan fingerprint density at radius 3 is 2.55 bits per heavy atom. The van der Waals surface area contributed by atoms with Crippen LogP contribution in [0.4, 0.5) is 4.79 Å². The number of hydrogen-bond acceptors (Lipinski definition) is 4. The number of urea groups is 1. The summed E-state index contributed by atoms with van der Waals surface area (Å²) in [4.78, 5) is 23.8. The molecule has 0 bridgehead atoms. The van der Waals surface area contributed by atoms with Crippen LogP contribution in [0.2, 0.25) is 0 Å². The molecule has 2 amide bonds. The van der Waals surface area contributed by atoms with Crippen molar-refractivity contribution < 1.29 is 24.2 Å². The van der Waals surface area contributed by atoms with Crippen LogP contribution in [-0.2, 0) is 4.79 Å². The van der Waals surface area contributed by atoms with Gasteiger partial charge in [-0.3, -0.25) is 4.79 Å². The standard InChI is InChI=1S/C15H22N2O5/c1-11(14(18)19)16-15(20)17(2)9-6-10-22-13-8-5-4-7-12(13)21-3/h4-5,7-8,11H,6,9-10H2,1-3H3,(H,16,20)(H,18,19)/t11-/m0/s1. The first-order valence-electron chi connectivity index (χ1n) is 6.96. The number of ether oxygens (including phenoxy) is 2. The van der Waals surface area contributed by atoms with Gasteiger partial charge in [0.25, 0.3) is 0 Å². The van der Waals surface area contributed by atoms with Crippen molar-refractivity contribution in [1.82, 2.24) is 10.2 Å². The van der Waals surface area contributed by atoms with Crippen LogP contribution in [0.15, 0.2) is 24.3 Å². The van der Waals surface area contributed by atoms with E-state index in [1.165, 1.54) is 11.8 Å². The summed E-state index contributed by atoms with van der Waals surface area (Å²) in [6.07, 6.45) is 0.615. The lowest BCUT2D eigenvalue weighted by Crippen LogP contribution is -2.45. The summed E-state index contributed by atoms with van der Waals surface area (Å²) >= 11 is 0. The molecule has 0 heterocycles. The van der Waals surface area contributed by atoms with Crippen LogP contribution >= 0.6 is 0 Å². The van der Waals surface area contributed by atoms with E-state index >= 15 is 0 Å². The number of carbonyl (C=O) groups excluding carboxylic acids is 1. The molecular formula is C15H22N2O5. The van der Waals surface area contributed by atoms with Gasteiger partial charge in [0.2, 0.25) is 0 Å². The first-order valence-corrected chi connectivity index (χ1v) is 6.96. The number of nitrogens with zero attached hydrogens (tertiary/aromatic N) is 1. The predicted octanol–water partition coefficient (Wildman–Crippen LogP) is 1.58. The number of nitrogens with one attached hydrogen (secondary N) is 1. The van der Waals surface area contributed by atoms with Gasteiger partial charge in [-0.2, -0.15) is 0 Å². The molecule has 0 aliphatic rings. The summed E-state index contributed by atoms with van der Waals surface area (Å²) in [5.41, 5.74) is 0. The fourth-order valence-electron chi connectivity index (χ4n) is 1.68. The molecule has 0 aromatic heterocycles. The lowest BCUT2D eigenvalue weighted by molar-refractivity contribution is -0.138. The first kappa shape index (κ1) is 17.6. The van der Waals surface area contributed by atoms with Crippen LogP contribution in [0.25, 0.3) is 0 Å². The molecule has 2 N–H and O–H groups in total. The Labute approximate surface area is 129 Å². The van der Waals surface area contributed by atoms with Crippen LogP contribution in [0.1, 0.15) is 13.3 Å². The maximum Gasteiger partial charge on any atom is 0.325 e. The largest absolute Gasteiger partial charge is 0.493 e. The van der Waals surface area contributed by atoms with Gasteiger partial charge in [-0.05, 0) is 25.5 Å². The third-order valence-electron chi connectivity index (χ3n) is 3.02. The highest BCUT2D eigenvalue weighted by molar-refractivity contribution is 5.82. The fraction of sp³-hybridized carbons (Fsp3) is 0.467. The van der Waals surface area contributed by atoms with Gasteiger partial charge in [0.15, 0.2) is 11.5 Å². The smallest absolute Gasteiger partial charge is 0.325 e. The molecule has 0 saturated carbocycles. The van der Waals surface area contributed by atoms with Crippen molar-refractivity contribution in [2.75, 3.05) is 27.3 Å². The Morgan fingerprint density at radius 1 is 1.32 bits per heavy atom. The molecule has 0 radical (unpaired) electrons. The summed E-state index contributed by atoms with van der Waals surface area (Å²) < 4.78 is 10.8. The Morgan fingerprint density at radius 2 is 1.95 bits per heavy atom. The van der Waals surface area contributed by atoms with E-state index in [1.54, 1.807) is 14.2 Å². The quantitative estimate of drug-likeness (QED) is 0.712. The normalized spacial score (nSPS) is 11.4. The van der Waals surface area contributed by atoms with Gasteiger partial charge in [0.1, 0.15) is 6.04 Å². The van der Waals surface area contributed by atoms with Crippen LogP contribution in [0.5, 0.6) is 11.5 Å². The van der Waals surface area contributed by atoms with Gasteiger partial charge < -0.3 is 24.8 Å². The number of carboxylic acids is 1. The Bertz CT molecular complexity index is 506. The number of methoxy groups -OCH3 is 1. The Balaban J connectivity index is 2.31. The van der Waals surface area contributed by atoms with Gasteiger partial charge in [0, 0.05) is 13.6 Å².